The summed E-state index contributed by atoms with van der Waals surface area (Å²) in [6, 6.07) is 9.09. The molecule has 0 bridgehead atoms. The van der Waals surface area contributed by atoms with Crippen LogP contribution >= 0.6 is 0 Å². The number of aryl methyl sites for hydroxylation is 1. The molecular weight excluding hydrogens is 254 g/mol. The third-order valence-electron chi connectivity index (χ3n) is 3.43. The molecule has 0 aliphatic heterocycles. The van der Waals surface area contributed by atoms with Crippen molar-refractivity contribution in [2.24, 2.45) is 5.84 Å². The van der Waals surface area contributed by atoms with Gasteiger partial charge in [0, 0.05) is 29.1 Å². The van der Waals surface area contributed by atoms with Gasteiger partial charge in [-0.3, -0.25) is 15.0 Å². The van der Waals surface area contributed by atoms with Crippen LogP contribution in [-0.2, 0) is 6.54 Å². The van der Waals surface area contributed by atoms with E-state index in [1.165, 1.54) is 0 Å². The van der Waals surface area contributed by atoms with Crippen molar-refractivity contribution in [3.8, 4) is 0 Å². The highest BCUT2D eigenvalue weighted by Crippen LogP contribution is 2.16. The predicted octanol–water partition coefficient (Wildman–Crippen LogP) is 1.57. The van der Waals surface area contributed by atoms with Crippen molar-refractivity contribution in [1.82, 2.24) is 9.99 Å². The fourth-order valence-corrected chi connectivity index (χ4v) is 2.22. The lowest BCUT2D eigenvalue weighted by atomic mass is 10.1. The maximum atomic E-state index is 11.4. The zero-order valence-electron chi connectivity index (χ0n) is 11.5. The van der Waals surface area contributed by atoms with Crippen molar-refractivity contribution in [2.75, 3.05) is 0 Å². The van der Waals surface area contributed by atoms with Gasteiger partial charge < -0.3 is 4.57 Å². The highest BCUT2D eigenvalue weighted by atomic mass is 16.2. The van der Waals surface area contributed by atoms with Gasteiger partial charge in [0.15, 0.2) is 6.29 Å². The van der Waals surface area contributed by atoms with Crippen LogP contribution in [0.25, 0.3) is 0 Å². The smallest absolute Gasteiger partial charge is 0.265 e. The molecule has 0 saturated carbocycles. The SMILES string of the molecule is Cc1cc(C=O)c(C)n1Cc1ccc(C(=O)NN)cc1. The van der Waals surface area contributed by atoms with Crippen molar-refractivity contribution >= 4 is 12.2 Å². The molecule has 1 amide bonds. The van der Waals surface area contributed by atoms with Crippen LogP contribution < -0.4 is 11.3 Å². The molecular formula is C15H17N3O2. The standard InChI is InChI=1S/C15H17N3O2/c1-10-7-14(9-19)11(2)18(10)8-12-3-5-13(6-4-12)15(20)17-16/h3-7,9H,8,16H2,1-2H3,(H,17,20). The molecule has 0 atom stereocenters. The first kappa shape index (κ1) is 14.0. The summed E-state index contributed by atoms with van der Waals surface area (Å²) in [5.41, 5.74) is 6.36. The van der Waals surface area contributed by atoms with E-state index in [0.29, 0.717) is 17.7 Å². The van der Waals surface area contributed by atoms with E-state index < -0.39 is 0 Å². The first-order chi connectivity index (χ1) is 9.56. The summed E-state index contributed by atoms with van der Waals surface area (Å²) in [6.07, 6.45) is 0.869. The van der Waals surface area contributed by atoms with Gasteiger partial charge in [-0.1, -0.05) is 12.1 Å². The van der Waals surface area contributed by atoms with Crippen LogP contribution in [0.2, 0.25) is 0 Å². The Labute approximate surface area is 117 Å². The number of amides is 1. The molecule has 0 saturated heterocycles. The van der Waals surface area contributed by atoms with Crippen LogP contribution in [0, 0.1) is 13.8 Å². The molecule has 1 heterocycles. The Kier molecular flexibility index (Phi) is 4.00. The normalized spacial score (nSPS) is 10.3. The summed E-state index contributed by atoms with van der Waals surface area (Å²) in [5, 5.41) is 0. The average molecular weight is 271 g/mol. The van der Waals surface area contributed by atoms with Gasteiger partial charge in [0.1, 0.15) is 0 Å². The summed E-state index contributed by atoms with van der Waals surface area (Å²) < 4.78 is 2.07. The Morgan fingerprint density at radius 3 is 2.45 bits per heavy atom. The van der Waals surface area contributed by atoms with E-state index in [2.05, 4.69) is 9.99 Å². The average Bonchev–Trinajstić information content (AvgIpc) is 2.74. The van der Waals surface area contributed by atoms with Crippen molar-refractivity contribution in [3.05, 3.63) is 58.4 Å². The van der Waals surface area contributed by atoms with Crippen LogP contribution in [0.1, 0.15) is 37.7 Å². The number of aromatic nitrogens is 1. The molecule has 0 fully saturated rings. The first-order valence-corrected chi connectivity index (χ1v) is 6.28. The molecule has 104 valence electrons. The predicted molar refractivity (Wildman–Crippen MR) is 76.5 cm³/mol. The molecule has 1 aromatic carbocycles. The number of nitrogen functional groups attached to an aromatic ring is 1. The first-order valence-electron chi connectivity index (χ1n) is 6.28. The molecule has 3 N–H and O–H groups in total. The minimum atomic E-state index is -0.312. The fourth-order valence-electron chi connectivity index (χ4n) is 2.22. The summed E-state index contributed by atoms with van der Waals surface area (Å²) in [7, 11) is 0. The number of hydrogen-bond donors (Lipinski definition) is 2. The third-order valence-corrected chi connectivity index (χ3v) is 3.43. The lowest BCUT2D eigenvalue weighted by molar-refractivity contribution is 0.0953. The van der Waals surface area contributed by atoms with Crippen LogP contribution in [0.15, 0.2) is 30.3 Å². The Morgan fingerprint density at radius 2 is 1.95 bits per heavy atom. The number of nitrogens with two attached hydrogens (primary N) is 1. The number of benzene rings is 1. The Bertz CT molecular complexity index is 642. The second-order valence-electron chi connectivity index (χ2n) is 4.70. The van der Waals surface area contributed by atoms with E-state index in [1.54, 1.807) is 12.1 Å². The number of hydrogen-bond acceptors (Lipinski definition) is 3. The summed E-state index contributed by atoms with van der Waals surface area (Å²) in [6.45, 7) is 4.55. The van der Waals surface area contributed by atoms with Gasteiger partial charge in [0.25, 0.3) is 5.91 Å². The lowest BCUT2D eigenvalue weighted by Crippen LogP contribution is -2.29. The summed E-state index contributed by atoms with van der Waals surface area (Å²) in [4.78, 5) is 22.3. The van der Waals surface area contributed by atoms with Crippen LogP contribution in [0.5, 0.6) is 0 Å². The molecule has 5 heteroatoms. The molecule has 2 aromatic rings. The van der Waals surface area contributed by atoms with Crippen molar-refractivity contribution in [3.63, 3.8) is 0 Å². The zero-order valence-corrected chi connectivity index (χ0v) is 11.5. The van der Waals surface area contributed by atoms with Gasteiger partial charge in [-0.25, -0.2) is 5.84 Å². The maximum absolute atomic E-state index is 11.4. The second-order valence-corrected chi connectivity index (χ2v) is 4.70. The third kappa shape index (κ3) is 2.62. The molecule has 0 radical (unpaired) electrons. The summed E-state index contributed by atoms with van der Waals surface area (Å²) >= 11 is 0. The quantitative estimate of drug-likeness (QED) is 0.383. The van der Waals surface area contributed by atoms with Gasteiger partial charge in [0.05, 0.1) is 0 Å². The Hall–Kier alpha value is -2.40. The van der Waals surface area contributed by atoms with E-state index in [1.807, 2.05) is 32.0 Å². The van der Waals surface area contributed by atoms with E-state index in [9.17, 15) is 9.59 Å². The largest absolute Gasteiger partial charge is 0.344 e. The highest BCUT2D eigenvalue weighted by molar-refractivity contribution is 5.93. The monoisotopic (exact) mass is 271 g/mol. The lowest BCUT2D eigenvalue weighted by Gasteiger charge is -2.10. The highest BCUT2D eigenvalue weighted by Gasteiger charge is 2.09. The van der Waals surface area contributed by atoms with E-state index >= 15 is 0 Å². The molecule has 0 spiro atoms. The van der Waals surface area contributed by atoms with E-state index in [-0.39, 0.29) is 5.91 Å². The Morgan fingerprint density at radius 1 is 1.30 bits per heavy atom. The molecule has 0 aliphatic rings. The van der Waals surface area contributed by atoms with Crippen LogP contribution in [0.3, 0.4) is 0 Å². The Balaban J connectivity index is 2.24. The second kappa shape index (κ2) is 5.71. The molecule has 0 unspecified atom stereocenters. The van der Waals surface area contributed by atoms with Crippen molar-refractivity contribution < 1.29 is 9.59 Å². The van der Waals surface area contributed by atoms with E-state index in [0.717, 1.165) is 23.2 Å². The molecule has 1 aromatic heterocycles. The number of aldehydes is 1. The van der Waals surface area contributed by atoms with Gasteiger partial charge in [0.2, 0.25) is 0 Å². The molecule has 0 aliphatic carbocycles. The van der Waals surface area contributed by atoms with Gasteiger partial charge in [-0.2, -0.15) is 0 Å². The minimum Gasteiger partial charge on any atom is -0.344 e. The van der Waals surface area contributed by atoms with Crippen molar-refractivity contribution in [2.45, 2.75) is 20.4 Å². The number of rotatable bonds is 4. The van der Waals surface area contributed by atoms with Gasteiger partial charge in [-0.05, 0) is 37.6 Å². The van der Waals surface area contributed by atoms with Gasteiger partial charge in [-0.15, -0.1) is 0 Å². The maximum Gasteiger partial charge on any atom is 0.265 e. The molecule has 20 heavy (non-hydrogen) atoms. The minimum absolute atomic E-state index is 0.312. The number of nitrogens with one attached hydrogen (secondary N) is 1. The van der Waals surface area contributed by atoms with Gasteiger partial charge >= 0.3 is 0 Å². The number of carbonyl (C=O) groups is 2. The van der Waals surface area contributed by atoms with E-state index in [4.69, 9.17) is 5.84 Å². The van der Waals surface area contributed by atoms with Crippen LogP contribution in [-0.4, -0.2) is 16.8 Å². The number of nitrogens with zero attached hydrogens (tertiary/aromatic N) is 1. The van der Waals surface area contributed by atoms with Crippen LogP contribution in [0.4, 0.5) is 0 Å². The topological polar surface area (TPSA) is 77.1 Å². The molecule has 5 nitrogen and oxygen atoms in total. The number of carbonyl (C=O) groups excluding carboxylic acids is 2. The fraction of sp³-hybridized carbons (Fsp3) is 0.200. The number of hydrazine groups is 1. The zero-order chi connectivity index (χ0) is 14.7. The summed E-state index contributed by atoms with van der Waals surface area (Å²) in [5.74, 6) is 4.77. The molecule has 2 rings (SSSR count). The van der Waals surface area contributed by atoms with Crippen molar-refractivity contribution in [1.29, 1.82) is 0 Å².